The lowest BCUT2D eigenvalue weighted by atomic mass is 9.99. The maximum absolute atomic E-state index is 13.1. The summed E-state index contributed by atoms with van der Waals surface area (Å²) in [6, 6.07) is 19.4. The summed E-state index contributed by atoms with van der Waals surface area (Å²) < 4.78 is 5.76. The van der Waals surface area contributed by atoms with Gasteiger partial charge in [-0.15, -0.1) is 0 Å². The third-order valence-electron chi connectivity index (χ3n) is 4.24. The van der Waals surface area contributed by atoms with Gasteiger partial charge in [0.15, 0.2) is 0 Å². The van der Waals surface area contributed by atoms with Crippen molar-refractivity contribution in [2.24, 2.45) is 5.92 Å². The van der Waals surface area contributed by atoms with E-state index < -0.39 is 5.92 Å². The quantitative estimate of drug-likeness (QED) is 0.418. The van der Waals surface area contributed by atoms with Crippen LogP contribution in [0.25, 0.3) is 0 Å². The van der Waals surface area contributed by atoms with E-state index in [4.69, 9.17) is 4.74 Å². The molecule has 29 heavy (non-hydrogen) atoms. The Morgan fingerprint density at radius 2 is 1.83 bits per heavy atom. The topological polar surface area (TPSA) is 70.4 Å². The number of esters is 1. The highest BCUT2D eigenvalue weighted by Crippen LogP contribution is 2.21. The first-order valence-corrected chi connectivity index (χ1v) is 10.0. The molecule has 0 saturated carbocycles. The maximum Gasteiger partial charge on any atom is 0.302 e. The third-order valence-corrected chi connectivity index (χ3v) is 5.01. The highest BCUT2D eigenvalue weighted by atomic mass is 79.9. The van der Waals surface area contributed by atoms with Crippen molar-refractivity contribution >= 4 is 27.8 Å². The second-order valence-corrected chi connectivity index (χ2v) is 7.31. The fraction of sp³-hybridized carbons (Fsp3) is 0.261. The van der Waals surface area contributed by atoms with Gasteiger partial charge in [-0.05, 0) is 29.7 Å². The Hall–Kier alpha value is -2.91. The molecule has 0 spiro atoms. The number of rotatable bonds is 9. The minimum Gasteiger partial charge on any atom is -0.462 e. The molecule has 0 radical (unpaired) electrons. The van der Waals surface area contributed by atoms with Crippen LogP contribution in [-0.4, -0.2) is 29.9 Å². The van der Waals surface area contributed by atoms with Crippen LogP contribution < -0.4 is 0 Å². The molecule has 0 aliphatic heterocycles. The van der Waals surface area contributed by atoms with Gasteiger partial charge in [0.2, 0.25) is 5.91 Å². The average Bonchev–Trinajstić information content (AvgIpc) is 2.72. The number of hydrogen-bond donors (Lipinski definition) is 0. The van der Waals surface area contributed by atoms with Crippen LogP contribution in [0, 0.1) is 17.2 Å². The molecule has 0 aliphatic rings. The summed E-state index contributed by atoms with van der Waals surface area (Å²) in [5.74, 6) is -1.38. The molecule has 1 atom stereocenters. The van der Waals surface area contributed by atoms with Gasteiger partial charge in [-0.3, -0.25) is 9.59 Å². The van der Waals surface area contributed by atoms with Crippen molar-refractivity contribution in [1.29, 1.82) is 5.26 Å². The van der Waals surface area contributed by atoms with Gasteiger partial charge in [-0.1, -0.05) is 70.5 Å². The van der Waals surface area contributed by atoms with Gasteiger partial charge in [0, 0.05) is 24.5 Å². The molecule has 0 heterocycles. The molecule has 5 nitrogen and oxygen atoms in total. The molecule has 0 N–H and O–H groups in total. The van der Waals surface area contributed by atoms with E-state index in [1.165, 1.54) is 6.92 Å². The van der Waals surface area contributed by atoms with E-state index in [9.17, 15) is 14.9 Å². The van der Waals surface area contributed by atoms with Crippen molar-refractivity contribution in [1.82, 2.24) is 4.90 Å². The lowest BCUT2D eigenvalue weighted by Crippen LogP contribution is -2.36. The Bertz CT molecular complexity index is 890. The van der Waals surface area contributed by atoms with Gasteiger partial charge in [0.05, 0.1) is 6.07 Å². The zero-order valence-electron chi connectivity index (χ0n) is 16.3. The van der Waals surface area contributed by atoms with Gasteiger partial charge in [-0.25, -0.2) is 0 Å². The molecule has 0 aromatic heterocycles. The lowest BCUT2D eigenvalue weighted by molar-refractivity contribution is -0.139. The fourth-order valence-electron chi connectivity index (χ4n) is 2.76. The molecule has 2 aromatic rings. The number of carbonyl (C=O) groups is 2. The highest BCUT2D eigenvalue weighted by Gasteiger charge is 2.24. The zero-order chi connectivity index (χ0) is 21.1. The molecule has 1 unspecified atom stereocenters. The molecule has 2 rings (SSSR count). The van der Waals surface area contributed by atoms with E-state index >= 15 is 0 Å². The molecule has 2 aromatic carbocycles. The van der Waals surface area contributed by atoms with Crippen molar-refractivity contribution in [3.8, 4) is 6.07 Å². The number of halogens is 1. The first-order valence-electron chi connectivity index (χ1n) is 9.25. The van der Waals surface area contributed by atoms with Crippen molar-refractivity contribution < 1.29 is 14.3 Å². The van der Waals surface area contributed by atoms with Crippen LogP contribution in [0.2, 0.25) is 0 Å². The van der Waals surface area contributed by atoms with Crippen molar-refractivity contribution in [2.45, 2.75) is 19.9 Å². The SMILES string of the molecule is CC(=O)OC/C=C/CN(Cc1ccccc1)C(=O)C(C#N)Cc1ccccc1Br. The summed E-state index contributed by atoms with van der Waals surface area (Å²) >= 11 is 3.48. The summed E-state index contributed by atoms with van der Waals surface area (Å²) in [7, 11) is 0. The molecule has 1 amide bonds. The molecule has 150 valence electrons. The Balaban J connectivity index is 2.13. The molecular formula is C23H23BrN2O3. The number of amides is 1. The van der Waals surface area contributed by atoms with Crippen LogP contribution in [0.4, 0.5) is 0 Å². The van der Waals surface area contributed by atoms with E-state index in [0.717, 1.165) is 15.6 Å². The van der Waals surface area contributed by atoms with Crippen molar-refractivity contribution in [3.63, 3.8) is 0 Å². The molecule has 0 bridgehead atoms. The molecular weight excluding hydrogens is 432 g/mol. The van der Waals surface area contributed by atoms with E-state index in [1.807, 2.05) is 54.6 Å². The van der Waals surface area contributed by atoms with E-state index in [2.05, 4.69) is 22.0 Å². The van der Waals surface area contributed by atoms with Gasteiger partial charge in [-0.2, -0.15) is 5.26 Å². The van der Waals surface area contributed by atoms with Gasteiger partial charge in [0.1, 0.15) is 12.5 Å². The Morgan fingerprint density at radius 1 is 1.14 bits per heavy atom. The van der Waals surface area contributed by atoms with E-state index in [-0.39, 0.29) is 18.5 Å². The number of ether oxygens (including phenoxy) is 1. The zero-order valence-corrected chi connectivity index (χ0v) is 17.8. The lowest BCUT2D eigenvalue weighted by Gasteiger charge is -2.24. The van der Waals surface area contributed by atoms with Crippen LogP contribution >= 0.6 is 15.9 Å². The number of nitriles is 1. The predicted octanol–water partition coefficient (Wildman–Crippen LogP) is 4.28. The number of nitrogens with zero attached hydrogens (tertiary/aromatic N) is 2. The van der Waals surface area contributed by atoms with Crippen molar-refractivity contribution in [3.05, 3.63) is 82.3 Å². The minimum atomic E-state index is -0.792. The van der Waals surface area contributed by atoms with Crippen molar-refractivity contribution in [2.75, 3.05) is 13.2 Å². The van der Waals surface area contributed by atoms with Crippen LogP contribution in [0.5, 0.6) is 0 Å². The third kappa shape index (κ3) is 7.55. The average molecular weight is 455 g/mol. The predicted molar refractivity (Wildman–Crippen MR) is 115 cm³/mol. The molecule has 6 heteroatoms. The number of hydrogen-bond acceptors (Lipinski definition) is 4. The number of benzene rings is 2. The number of carbonyl (C=O) groups excluding carboxylic acids is 2. The summed E-state index contributed by atoms with van der Waals surface area (Å²) in [5, 5.41) is 9.65. The van der Waals surface area contributed by atoms with E-state index in [1.54, 1.807) is 17.1 Å². The maximum atomic E-state index is 13.1. The monoisotopic (exact) mass is 454 g/mol. The minimum absolute atomic E-state index is 0.154. The second kappa shape index (κ2) is 11.8. The van der Waals surface area contributed by atoms with Crippen LogP contribution in [0.15, 0.2) is 71.2 Å². The molecule has 0 aliphatic carbocycles. The normalized spacial score (nSPS) is 11.6. The Kier molecular flexibility index (Phi) is 9.13. The van der Waals surface area contributed by atoms with Gasteiger partial charge >= 0.3 is 5.97 Å². The Morgan fingerprint density at radius 3 is 2.48 bits per heavy atom. The highest BCUT2D eigenvalue weighted by molar-refractivity contribution is 9.10. The summed E-state index contributed by atoms with van der Waals surface area (Å²) in [5.41, 5.74) is 1.89. The fourth-order valence-corrected chi connectivity index (χ4v) is 3.21. The van der Waals surface area contributed by atoms with Crippen LogP contribution in [0.3, 0.4) is 0 Å². The second-order valence-electron chi connectivity index (χ2n) is 6.46. The van der Waals surface area contributed by atoms with E-state index in [0.29, 0.717) is 19.5 Å². The summed E-state index contributed by atoms with van der Waals surface area (Å²) in [4.78, 5) is 25.6. The standard InChI is InChI=1S/C23H23BrN2O3/c1-18(27)29-14-8-7-13-26(17-19-9-3-2-4-10-19)23(28)21(16-25)15-20-11-5-6-12-22(20)24/h2-12,21H,13-15,17H2,1H3/b8-7+. The van der Waals surface area contributed by atoms with Gasteiger partial charge in [0.25, 0.3) is 0 Å². The first-order chi connectivity index (χ1) is 14.0. The van der Waals surface area contributed by atoms with Gasteiger partial charge < -0.3 is 9.64 Å². The molecule has 0 fully saturated rings. The van der Waals surface area contributed by atoms with Crippen LogP contribution in [0.1, 0.15) is 18.1 Å². The summed E-state index contributed by atoms with van der Waals surface area (Å²) in [6.07, 6.45) is 3.80. The summed E-state index contributed by atoms with van der Waals surface area (Å²) in [6.45, 7) is 2.22. The Labute approximate surface area is 179 Å². The largest absolute Gasteiger partial charge is 0.462 e. The van der Waals surface area contributed by atoms with Crippen LogP contribution in [-0.2, 0) is 27.3 Å². The smallest absolute Gasteiger partial charge is 0.302 e. The molecule has 0 saturated heterocycles. The first kappa shape index (κ1) is 22.4.